The van der Waals surface area contributed by atoms with Crippen LogP contribution in [0.5, 0.6) is 0 Å². The van der Waals surface area contributed by atoms with E-state index in [2.05, 4.69) is 5.32 Å². The number of alkyl halides is 3. The van der Waals surface area contributed by atoms with Gasteiger partial charge in [0.15, 0.2) is 0 Å². The van der Waals surface area contributed by atoms with E-state index < -0.39 is 18.6 Å². The molecule has 1 rings (SSSR count). The lowest BCUT2D eigenvalue weighted by Gasteiger charge is -2.23. The molecule has 0 aliphatic carbocycles. The zero-order chi connectivity index (χ0) is 15.9. The van der Waals surface area contributed by atoms with Crippen LogP contribution in [0.4, 0.5) is 13.2 Å². The molecule has 1 N–H and O–H groups in total. The standard InChI is InChI=1S/C14H21F3N2O2/c1-11(2)18-7-3-6-13(20)19(10-14(15,16)17)9-12-5-4-8-21-12/h4-5,8,11,18H,3,6-7,9-10H2,1-2H3. The highest BCUT2D eigenvalue weighted by Crippen LogP contribution is 2.19. The fraction of sp³-hybridized carbons (Fsp3) is 0.643. The van der Waals surface area contributed by atoms with Gasteiger partial charge in [-0.25, -0.2) is 0 Å². The average Bonchev–Trinajstić information content (AvgIpc) is 2.84. The number of halogens is 3. The van der Waals surface area contributed by atoms with Crippen molar-refractivity contribution in [2.75, 3.05) is 13.1 Å². The van der Waals surface area contributed by atoms with Crippen LogP contribution in [0.2, 0.25) is 0 Å². The molecule has 0 saturated heterocycles. The van der Waals surface area contributed by atoms with Crippen molar-refractivity contribution in [2.24, 2.45) is 0 Å². The minimum absolute atomic E-state index is 0.0799. The van der Waals surface area contributed by atoms with E-state index in [1.807, 2.05) is 13.8 Å². The van der Waals surface area contributed by atoms with E-state index in [4.69, 9.17) is 4.42 Å². The van der Waals surface area contributed by atoms with Crippen molar-refractivity contribution in [3.63, 3.8) is 0 Å². The number of carbonyl (C=O) groups is 1. The second-order valence-electron chi connectivity index (χ2n) is 5.16. The molecule has 0 saturated carbocycles. The summed E-state index contributed by atoms with van der Waals surface area (Å²) in [5, 5.41) is 3.12. The molecule has 0 radical (unpaired) electrons. The predicted octanol–water partition coefficient (Wildman–Crippen LogP) is 2.95. The third kappa shape index (κ3) is 7.75. The summed E-state index contributed by atoms with van der Waals surface area (Å²) in [6.07, 6.45) is -2.46. The number of hydrogen-bond donors (Lipinski definition) is 1. The number of amides is 1. The lowest BCUT2D eigenvalue weighted by Crippen LogP contribution is -2.38. The Hall–Kier alpha value is -1.50. The number of nitrogens with one attached hydrogen (secondary N) is 1. The van der Waals surface area contributed by atoms with Gasteiger partial charge in [0.25, 0.3) is 0 Å². The van der Waals surface area contributed by atoms with Crippen molar-refractivity contribution in [3.05, 3.63) is 24.2 Å². The lowest BCUT2D eigenvalue weighted by atomic mass is 10.2. The van der Waals surface area contributed by atoms with Gasteiger partial charge >= 0.3 is 6.18 Å². The van der Waals surface area contributed by atoms with Crippen LogP contribution >= 0.6 is 0 Å². The highest BCUT2D eigenvalue weighted by Gasteiger charge is 2.33. The van der Waals surface area contributed by atoms with Crippen molar-refractivity contribution >= 4 is 5.91 Å². The first-order valence-corrected chi connectivity index (χ1v) is 6.88. The summed E-state index contributed by atoms with van der Waals surface area (Å²) in [5.74, 6) is -0.179. The van der Waals surface area contributed by atoms with Gasteiger partial charge in [-0.05, 0) is 25.1 Å². The summed E-state index contributed by atoms with van der Waals surface area (Å²) in [6.45, 7) is 3.11. The third-order valence-electron chi connectivity index (χ3n) is 2.77. The number of hydrogen-bond acceptors (Lipinski definition) is 3. The maximum atomic E-state index is 12.6. The fourth-order valence-electron chi connectivity index (χ4n) is 1.83. The molecule has 0 fully saturated rings. The quantitative estimate of drug-likeness (QED) is 0.751. The van der Waals surface area contributed by atoms with Crippen LogP contribution in [0, 0.1) is 0 Å². The summed E-state index contributed by atoms with van der Waals surface area (Å²) in [6, 6.07) is 3.42. The summed E-state index contributed by atoms with van der Waals surface area (Å²) < 4.78 is 42.7. The van der Waals surface area contributed by atoms with Crippen LogP contribution in [0.1, 0.15) is 32.4 Å². The maximum absolute atomic E-state index is 12.6. The Labute approximate surface area is 122 Å². The largest absolute Gasteiger partial charge is 0.467 e. The number of furan rings is 1. The van der Waals surface area contributed by atoms with Crippen LogP contribution in [-0.2, 0) is 11.3 Å². The molecule has 0 aliphatic heterocycles. The molecule has 7 heteroatoms. The molecule has 120 valence electrons. The van der Waals surface area contributed by atoms with Gasteiger partial charge in [-0.2, -0.15) is 13.2 Å². The Morgan fingerprint density at radius 3 is 2.67 bits per heavy atom. The van der Waals surface area contributed by atoms with E-state index in [0.29, 0.717) is 18.7 Å². The fourth-order valence-corrected chi connectivity index (χ4v) is 1.83. The average molecular weight is 306 g/mol. The van der Waals surface area contributed by atoms with Crippen LogP contribution < -0.4 is 5.32 Å². The Kier molecular flexibility index (Phi) is 6.74. The molecule has 0 atom stereocenters. The van der Waals surface area contributed by atoms with Gasteiger partial charge in [0.2, 0.25) is 5.91 Å². The Morgan fingerprint density at radius 2 is 2.14 bits per heavy atom. The SMILES string of the molecule is CC(C)NCCCC(=O)N(Cc1ccco1)CC(F)(F)F. The van der Waals surface area contributed by atoms with Crippen molar-refractivity contribution in [1.82, 2.24) is 10.2 Å². The van der Waals surface area contributed by atoms with Gasteiger partial charge in [0.1, 0.15) is 12.3 Å². The van der Waals surface area contributed by atoms with E-state index in [9.17, 15) is 18.0 Å². The molecule has 1 aromatic heterocycles. The first-order chi connectivity index (χ1) is 9.78. The molecule has 0 aliphatic rings. The first kappa shape index (κ1) is 17.6. The van der Waals surface area contributed by atoms with E-state index >= 15 is 0 Å². The molecular formula is C14H21F3N2O2. The van der Waals surface area contributed by atoms with Crippen LogP contribution in [0.3, 0.4) is 0 Å². The second kappa shape index (κ2) is 8.07. The molecule has 0 spiro atoms. The molecule has 0 bridgehead atoms. The van der Waals surface area contributed by atoms with Gasteiger partial charge < -0.3 is 14.6 Å². The monoisotopic (exact) mass is 306 g/mol. The Balaban J connectivity index is 2.52. The number of carbonyl (C=O) groups excluding carboxylic acids is 1. The molecule has 1 amide bonds. The molecule has 1 aromatic rings. The normalized spacial score (nSPS) is 11.9. The summed E-state index contributed by atoms with van der Waals surface area (Å²) in [5.41, 5.74) is 0. The van der Waals surface area contributed by atoms with E-state index in [-0.39, 0.29) is 19.0 Å². The highest BCUT2D eigenvalue weighted by molar-refractivity contribution is 5.76. The van der Waals surface area contributed by atoms with Crippen molar-refractivity contribution < 1.29 is 22.4 Å². The molecule has 0 aromatic carbocycles. The zero-order valence-corrected chi connectivity index (χ0v) is 12.2. The third-order valence-corrected chi connectivity index (χ3v) is 2.77. The second-order valence-corrected chi connectivity index (χ2v) is 5.16. The first-order valence-electron chi connectivity index (χ1n) is 6.88. The van der Waals surface area contributed by atoms with E-state index in [0.717, 1.165) is 4.90 Å². The van der Waals surface area contributed by atoms with Crippen molar-refractivity contribution in [3.8, 4) is 0 Å². The molecule has 0 unspecified atom stereocenters. The van der Waals surface area contributed by atoms with Gasteiger partial charge in [0.05, 0.1) is 12.8 Å². The van der Waals surface area contributed by atoms with Crippen LogP contribution in [0.15, 0.2) is 22.8 Å². The van der Waals surface area contributed by atoms with Crippen LogP contribution in [0.25, 0.3) is 0 Å². The van der Waals surface area contributed by atoms with Crippen molar-refractivity contribution in [2.45, 2.75) is 45.5 Å². The van der Waals surface area contributed by atoms with E-state index in [1.165, 1.54) is 6.26 Å². The van der Waals surface area contributed by atoms with Crippen molar-refractivity contribution in [1.29, 1.82) is 0 Å². The van der Waals surface area contributed by atoms with Gasteiger partial charge in [-0.15, -0.1) is 0 Å². The minimum atomic E-state index is -4.42. The Bertz CT molecular complexity index is 416. The maximum Gasteiger partial charge on any atom is 0.406 e. The van der Waals surface area contributed by atoms with Gasteiger partial charge in [-0.1, -0.05) is 13.8 Å². The van der Waals surface area contributed by atoms with Crippen LogP contribution in [-0.4, -0.2) is 36.1 Å². The van der Waals surface area contributed by atoms with Gasteiger partial charge in [0, 0.05) is 12.5 Å². The molecule has 4 nitrogen and oxygen atoms in total. The smallest absolute Gasteiger partial charge is 0.406 e. The molecule has 21 heavy (non-hydrogen) atoms. The van der Waals surface area contributed by atoms with E-state index in [1.54, 1.807) is 12.1 Å². The summed E-state index contributed by atoms with van der Waals surface area (Å²) in [7, 11) is 0. The highest BCUT2D eigenvalue weighted by atomic mass is 19.4. The zero-order valence-electron chi connectivity index (χ0n) is 12.2. The predicted molar refractivity (Wildman–Crippen MR) is 72.6 cm³/mol. The Morgan fingerprint density at radius 1 is 1.43 bits per heavy atom. The summed E-state index contributed by atoms with van der Waals surface area (Å²) >= 11 is 0. The lowest BCUT2D eigenvalue weighted by molar-refractivity contribution is -0.162. The minimum Gasteiger partial charge on any atom is -0.467 e. The number of rotatable bonds is 8. The topological polar surface area (TPSA) is 45.5 Å². The van der Waals surface area contributed by atoms with Gasteiger partial charge in [-0.3, -0.25) is 4.79 Å². The summed E-state index contributed by atoms with van der Waals surface area (Å²) in [4.78, 5) is 12.7. The molecule has 1 heterocycles. The molecular weight excluding hydrogens is 285 g/mol. The number of nitrogens with zero attached hydrogens (tertiary/aromatic N) is 1.